The van der Waals surface area contributed by atoms with Crippen molar-refractivity contribution in [1.29, 1.82) is 0 Å². The number of pyridine rings is 1. The molecule has 1 aromatic carbocycles. The van der Waals surface area contributed by atoms with Gasteiger partial charge in [0.2, 0.25) is 0 Å². The van der Waals surface area contributed by atoms with Crippen LogP contribution in [0.15, 0.2) is 42.6 Å². The molecule has 2 aromatic heterocycles. The highest BCUT2D eigenvalue weighted by atomic mass is 32.1. The van der Waals surface area contributed by atoms with E-state index in [4.69, 9.17) is 0 Å². The van der Waals surface area contributed by atoms with Gasteiger partial charge in [0.25, 0.3) is 5.91 Å². The molecule has 6 heteroatoms. The number of hydrogen-bond acceptors (Lipinski definition) is 5. The van der Waals surface area contributed by atoms with Gasteiger partial charge in [-0.1, -0.05) is 29.8 Å². The lowest BCUT2D eigenvalue weighted by Crippen LogP contribution is -2.24. The minimum absolute atomic E-state index is 0.158. The zero-order valence-electron chi connectivity index (χ0n) is 15.5. The van der Waals surface area contributed by atoms with Crippen molar-refractivity contribution in [2.45, 2.75) is 26.7 Å². The number of carbonyl (C=O) groups is 1. The molecule has 0 saturated carbocycles. The second kappa shape index (κ2) is 7.48. The minimum Gasteiger partial charge on any atom is -0.356 e. The van der Waals surface area contributed by atoms with Crippen LogP contribution in [0, 0.1) is 13.8 Å². The van der Waals surface area contributed by atoms with E-state index in [2.05, 4.69) is 51.4 Å². The van der Waals surface area contributed by atoms with Gasteiger partial charge in [-0.2, -0.15) is 0 Å². The van der Waals surface area contributed by atoms with Gasteiger partial charge in [0.1, 0.15) is 5.82 Å². The molecule has 3 aromatic rings. The van der Waals surface area contributed by atoms with Crippen LogP contribution in [0.3, 0.4) is 0 Å². The van der Waals surface area contributed by atoms with Crippen molar-refractivity contribution in [3.8, 4) is 11.3 Å². The fourth-order valence-electron chi connectivity index (χ4n) is 3.35. The third-order valence-electron chi connectivity index (χ3n) is 4.78. The Hall–Kier alpha value is -2.73. The average Bonchev–Trinajstić information content (AvgIpc) is 3.32. The number of aromatic nitrogens is 2. The van der Waals surface area contributed by atoms with Crippen LogP contribution < -0.4 is 10.2 Å². The largest absolute Gasteiger partial charge is 0.356 e. The van der Waals surface area contributed by atoms with Gasteiger partial charge in [-0.15, -0.1) is 11.3 Å². The summed E-state index contributed by atoms with van der Waals surface area (Å²) in [6.07, 6.45) is 4.03. The third kappa shape index (κ3) is 3.71. The van der Waals surface area contributed by atoms with Gasteiger partial charge in [-0.3, -0.25) is 10.1 Å². The molecule has 0 bridgehead atoms. The molecule has 0 spiro atoms. The van der Waals surface area contributed by atoms with Crippen LogP contribution in [0.5, 0.6) is 0 Å². The van der Waals surface area contributed by atoms with E-state index in [1.807, 2.05) is 13.0 Å². The molecule has 5 nitrogen and oxygen atoms in total. The molecule has 4 rings (SSSR count). The van der Waals surface area contributed by atoms with Crippen molar-refractivity contribution < 1.29 is 4.79 Å². The van der Waals surface area contributed by atoms with E-state index in [0.29, 0.717) is 10.7 Å². The second-order valence-corrected chi connectivity index (χ2v) is 8.02. The zero-order valence-corrected chi connectivity index (χ0v) is 16.3. The highest BCUT2D eigenvalue weighted by Gasteiger charge is 2.21. The van der Waals surface area contributed by atoms with E-state index in [9.17, 15) is 4.79 Å². The van der Waals surface area contributed by atoms with Crippen molar-refractivity contribution in [1.82, 2.24) is 9.97 Å². The van der Waals surface area contributed by atoms with E-state index in [1.165, 1.54) is 16.9 Å². The van der Waals surface area contributed by atoms with E-state index in [0.717, 1.165) is 47.9 Å². The molecular formula is C21H22N4OS. The molecule has 0 atom stereocenters. The second-order valence-electron chi connectivity index (χ2n) is 6.81. The summed E-state index contributed by atoms with van der Waals surface area (Å²) in [5.41, 5.74) is 3.80. The van der Waals surface area contributed by atoms with Crippen LogP contribution in [0.25, 0.3) is 11.3 Å². The molecule has 0 unspecified atom stereocenters. The number of nitrogens with zero attached hydrogens (tertiary/aromatic N) is 3. The Bertz CT molecular complexity index is 959. The van der Waals surface area contributed by atoms with E-state index < -0.39 is 0 Å². The monoisotopic (exact) mass is 378 g/mol. The molecule has 138 valence electrons. The Morgan fingerprint density at radius 3 is 2.59 bits per heavy atom. The molecule has 0 radical (unpaired) electrons. The zero-order chi connectivity index (χ0) is 18.8. The molecule has 1 amide bonds. The summed E-state index contributed by atoms with van der Waals surface area (Å²) in [6, 6.07) is 11.9. The van der Waals surface area contributed by atoms with Crippen LogP contribution in [-0.4, -0.2) is 29.0 Å². The summed E-state index contributed by atoms with van der Waals surface area (Å²) in [6.45, 7) is 5.99. The summed E-state index contributed by atoms with van der Waals surface area (Å²) in [5.74, 6) is 0.605. The predicted octanol–water partition coefficient (Wildman–Crippen LogP) is 4.67. The lowest BCUT2D eigenvalue weighted by atomic mass is 10.1. The summed E-state index contributed by atoms with van der Waals surface area (Å²) >= 11 is 1.50. The first-order valence-corrected chi connectivity index (χ1v) is 9.99. The lowest BCUT2D eigenvalue weighted by Gasteiger charge is -2.19. The van der Waals surface area contributed by atoms with E-state index in [-0.39, 0.29) is 5.91 Å². The van der Waals surface area contributed by atoms with Gasteiger partial charge in [0.05, 0.1) is 11.3 Å². The molecule has 3 heterocycles. The fraction of sp³-hybridized carbons (Fsp3) is 0.286. The Balaban J connectivity index is 1.57. The Labute approximate surface area is 163 Å². The van der Waals surface area contributed by atoms with E-state index in [1.54, 1.807) is 12.3 Å². The number of thiazole rings is 1. The van der Waals surface area contributed by atoms with Gasteiger partial charge >= 0.3 is 0 Å². The molecule has 1 saturated heterocycles. The number of nitrogens with one attached hydrogen (secondary N) is 1. The summed E-state index contributed by atoms with van der Waals surface area (Å²) in [7, 11) is 0. The van der Waals surface area contributed by atoms with Crippen molar-refractivity contribution in [3.05, 3.63) is 58.6 Å². The molecule has 0 aliphatic carbocycles. The standard InChI is InChI=1S/C21H22N4OS/c1-14-7-9-16(10-8-14)18-15(2)27-21(23-18)24-20(26)17-6-5-11-22-19(17)25-12-3-4-13-25/h5-11H,3-4,12-13H2,1-2H3,(H,23,24,26). The molecule has 1 aliphatic heterocycles. The highest BCUT2D eigenvalue weighted by Crippen LogP contribution is 2.31. The Morgan fingerprint density at radius 1 is 1.11 bits per heavy atom. The summed E-state index contributed by atoms with van der Waals surface area (Å²) in [5, 5.41) is 3.58. The first-order valence-electron chi connectivity index (χ1n) is 9.17. The third-order valence-corrected chi connectivity index (χ3v) is 5.67. The maximum atomic E-state index is 12.9. The summed E-state index contributed by atoms with van der Waals surface area (Å²) < 4.78 is 0. The first kappa shape index (κ1) is 17.7. The number of anilines is 2. The predicted molar refractivity (Wildman–Crippen MR) is 111 cm³/mol. The number of rotatable bonds is 4. The van der Waals surface area contributed by atoms with Gasteiger partial charge < -0.3 is 4.90 Å². The molecule has 27 heavy (non-hydrogen) atoms. The highest BCUT2D eigenvalue weighted by molar-refractivity contribution is 7.16. The van der Waals surface area contributed by atoms with E-state index >= 15 is 0 Å². The number of amides is 1. The lowest BCUT2D eigenvalue weighted by molar-refractivity contribution is 0.102. The Morgan fingerprint density at radius 2 is 1.85 bits per heavy atom. The maximum Gasteiger partial charge on any atom is 0.261 e. The van der Waals surface area contributed by atoms with Crippen LogP contribution >= 0.6 is 11.3 Å². The van der Waals surface area contributed by atoms with Gasteiger partial charge in [-0.25, -0.2) is 9.97 Å². The molecule has 1 N–H and O–H groups in total. The number of aryl methyl sites for hydroxylation is 2. The number of carbonyl (C=O) groups excluding carboxylic acids is 1. The smallest absolute Gasteiger partial charge is 0.261 e. The SMILES string of the molecule is Cc1ccc(-c2nc(NC(=O)c3cccnc3N3CCCC3)sc2C)cc1. The van der Waals surface area contributed by atoms with Crippen LogP contribution in [-0.2, 0) is 0 Å². The molecular weight excluding hydrogens is 356 g/mol. The van der Waals surface area contributed by atoms with Crippen LogP contribution in [0.4, 0.5) is 10.9 Å². The average molecular weight is 379 g/mol. The van der Waals surface area contributed by atoms with Gasteiger partial charge in [-0.05, 0) is 38.8 Å². The molecule has 1 fully saturated rings. The Kier molecular flexibility index (Phi) is 4.90. The van der Waals surface area contributed by atoms with Gasteiger partial charge in [0, 0.05) is 29.7 Å². The van der Waals surface area contributed by atoms with Crippen LogP contribution in [0.2, 0.25) is 0 Å². The quantitative estimate of drug-likeness (QED) is 0.716. The van der Waals surface area contributed by atoms with Crippen molar-refractivity contribution in [2.24, 2.45) is 0 Å². The first-order chi connectivity index (χ1) is 13.1. The number of hydrogen-bond donors (Lipinski definition) is 1. The topological polar surface area (TPSA) is 58.1 Å². The van der Waals surface area contributed by atoms with Crippen molar-refractivity contribution >= 4 is 28.2 Å². The van der Waals surface area contributed by atoms with Gasteiger partial charge in [0.15, 0.2) is 5.13 Å². The minimum atomic E-state index is -0.158. The normalized spacial score (nSPS) is 13.8. The summed E-state index contributed by atoms with van der Waals surface area (Å²) in [4.78, 5) is 25.3. The fourth-order valence-corrected chi connectivity index (χ4v) is 4.18. The number of benzene rings is 1. The van der Waals surface area contributed by atoms with Crippen molar-refractivity contribution in [2.75, 3.05) is 23.3 Å². The molecule has 1 aliphatic rings. The maximum absolute atomic E-state index is 12.9. The van der Waals surface area contributed by atoms with Crippen LogP contribution in [0.1, 0.15) is 33.6 Å². The van der Waals surface area contributed by atoms with Crippen molar-refractivity contribution in [3.63, 3.8) is 0 Å².